The van der Waals surface area contributed by atoms with Crippen LogP contribution in [0.1, 0.15) is 40.0 Å². The van der Waals surface area contributed by atoms with E-state index in [0.29, 0.717) is 0 Å². The molecular formula is C11H22Si. The van der Waals surface area contributed by atoms with Crippen LogP contribution in [0, 0.1) is 17.8 Å². The minimum atomic E-state index is 0.912. The zero-order valence-electron chi connectivity index (χ0n) is 8.93. The van der Waals surface area contributed by atoms with Crippen molar-refractivity contribution in [3.63, 3.8) is 0 Å². The normalized spacial score (nSPS) is 37.2. The SMILES string of the molecule is C[Si][C@@H]1C[C@H](C)CC[C@H]1C(C)C. The van der Waals surface area contributed by atoms with Crippen LogP contribution < -0.4 is 0 Å². The van der Waals surface area contributed by atoms with Gasteiger partial charge >= 0.3 is 0 Å². The highest BCUT2D eigenvalue weighted by Crippen LogP contribution is 2.41. The maximum Gasteiger partial charge on any atom is 0.0381 e. The fourth-order valence-electron chi connectivity index (χ4n) is 2.53. The molecule has 1 saturated carbocycles. The van der Waals surface area contributed by atoms with Crippen LogP contribution in [-0.2, 0) is 0 Å². The van der Waals surface area contributed by atoms with Crippen molar-refractivity contribution in [2.75, 3.05) is 0 Å². The van der Waals surface area contributed by atoms with Gasteiger partial charge in [0.05, 0.1) is 0 Å². The van der Waals surface area contributed by atoms with Gasteiger partial charge in [-0.2, -0.15) is 0 Å². The summed E-state index contributed by atoms with van der Waals surface area (Å²) in [6, 6.07) is 0. The highest BCUT2D eigenvalue weighted by molar-refractivity contribution is 6.35. The molecule has 70 valence electrons. The van der Waals surface area contributed by atoms with Crippen molar-refractivity contribution in [2.24, 2.45) is 17.8 Å². The lowest BCUT2D eigenvalue weighted by Crippen LogP contribution is -2.26. The molecule has 3 atom stereocenters. The second-order valence-electron chi connectivity index (χ2n) is 4.72. The topological polar surface area (TPSA) is 0 Å². The first kappa shape index (κ1) is 10.3. The van der Waals surface area contributed by atoms with E-state index in [9.17, 15) is 0 Å². The molecule has 0 aromatic heterocycles. The minimum absolute atomic E-state index is 0.912. The van der Waals surface area contributed by atoms with Crippen LogP contribution in [0.25, 0.3) is 0 Å². The molecule has 12 heavy (non-hydrogen) atoms. The molecule has 1 aliphatic carbocycles. The predicted molar refractivity (Wildman–Crippen MR) is 56.7 cm³/mol. The van der Waals surface area contributed by atoms with E-state index >= 15 is 0 Å². The molecule has 0 amide bonds. The quantitative estimate of drug-likeness (QED) is 0.572. The van der Waals surface area contributed by atoms with E-state index in [1.807, 2.05) is 0 Å². The Balaban J connectivity index is 2.50. The standard InChI is InChI=1S/C11H22Si/c1-8(2)10-6-5-9(3)7-11(10)12-4/h8-11H,5-7H2,1-4H3/t9-,10+,11-/m1/s1. The summed E-state index contributed by atoms with van der Waals surface area (Å²) in [5, 5.41) is 0. The van der Waals surface area contributed by atoms with Crippen molar-refractivity contribution in [1.82, 2.24) is 0 Å². The summed E-state index contributed by atoms with van der Waals surface area (Å²) in [7, 11) is 1.17. The summed E-state index contributed by atoms with van der Waals surface area (Å²) >= 11 is 0. The fraction of sp³-hybridized carbons (Fsp3) is 1.00. The first-order chi connectivity index (χ1) is 5.65. The Hall–Kier alpha value is 0.217. The molecule has 0 N–H and O–H groups in total. The van der Waals surface area contributed by atoms with Gasteiger partial charge in [0.25, 0.3) is 0 Å². The molecule has 1 rings (SSSR count). The lowest BCUT2D eigenvalue weighted by Gasteiger charge is -2.36. The third kappa shape index (κ3) is 2.35. The lowest BCUT2D eigenvalue weighted by molar-refractivity contribution is 0.234. The Morgan fingerprint density at radius 3 is 2.42 bits per heavy atom. The van der Waals surface area contributed by atoms with Crippen molar-refractivity contribution in [1.29, 1.82) is 0 Å². The Morgan fingerprint density at radius 2 is 1.92 bits per heavy atom. The summed E-state index contributed by atoms with van der Waals surface area (Å²) < 4.78 is 0. The van der Waals surface area contributed by atoms with Crippen LogP contribution in [0.4, 0.5) is 0 Å². The highest BCUT2D eigenvalue weighted by atomic mass is 28.2. The predicted octanol–water partition coefficient (Wildman–Crippen LogP) is 3.62. The monoisotopic (exact) mass is 182 g/mol. The average molecular weight is 182 g/mol. The van der Waals surface area contributed by atoms with E-state index in [1.54, 1.807) is 0 Å². The van der Waals surface area contributed by atoms with E-state index in [4.69, 9.17) is 0 Å². The van der Waals surface area contributed by atoms with Crippen molar-refractivity contribution < 1.29 is 0 Å². The molecule has 1 heteroatoms. The molecule has 0 bridgehead atoms. The lowest BCUT2D eigenvalue weighted by atomic mass is 9.77. The third-order valence-corrected chi connectivity index (χ3v) is 4.80. The van der Waals surface area contributed by atoms with Crippen LogP contribution >= 0.6 is 0 Å². The van der Waals surface area contributed by atoms with Gasteiger partial charge in [-0.1, -0.05) is 40.2 Å². The van der Waals surface area contributed by atoms with Crippen molar-refractivity contribution in [3.05, 3.63) is 0 Å². The summed E-state index contributed by atoms with van der Waals surface area (Å²) in [4.78, 5) is 0. The summed E-state index contributed by atoms with van der Waals surface area (Å²) in [5.74, 6) is 2.94. The molecule has 0 spiro atoms. The Bertz CT molecular complexity index is 131. The molecule has 0 aromatic carbocycles. The molecule has 1 fully saturated rings. The van der Waals surface area contributed by atoms with Crippen LogP contribution in [0.5, 0.6) is 0 Å². The molecule has 0 aliphatic heterocycles. The second kappa shape index (κ2) is 4.45. The first-order valence-electron chi connectivity index (χ1n) is 5.32. The molecule has 1 aliphatic rings. The molecular weight excluding hydrogens is 160 g/mol. The van der Waals surface area contributed by atoms with E-state index in [-0.39, 0.29) is 0 Å². The smallest absolute Gasteiger partial charge is 0.0381 e. The molecule has 0 saturated heterocycles. The first-order valence-corrected chi connectivity index (χ1v) is 6.90. The van der Waals surface area contributed by atoms with Gasteiger partial charge in [-0.05, 0) is 29.7 Å². The maximum absolute atomic E-state index is 2.42. The largest absolute Gasteiger partial charge is 0.0731 e. The van der Waals surface area contributed by atoms with E-state index in [0.717, 1.165) is 23.3 Å². The van der Waals surface area contributed by atoms with Gasteiger partial charge in [-0.15, -0.1) is 0 Å². The molecule has 0 unspecified atom stereocenters. The molecule has 0 aromatic rings. The fourth-order valence-corrected chi connectivity index (χ4v) is 4.15. The van der Waals surface area contributed by atoms with E-state index < -0.39 is 0 Å². The van der Waals surface area contributed by atoms with Gasteiger partial charge < -0.3 is 0 Å². The number of hydrogen-bond donors (Lipinski definition) is 0. The number of rotatable bonds is 2. The molecule has 2 radical (unpaired) electrons. The summed E-state index contributed by atoms with van der Waals surface area (Å²) in [6.45, 7) is 9.60. The van der Waals surface area contributed by atoms with Gasteiger partial charge in [0, 0.05) is 9.52 Å². The maximum atomic E-state index is 2.42. The van der Waals surface area contributed by atoms with Gasteiger partial charge in [-0.3, -0.25) is 0 Å². The summed E-state index contributed by atoms with van der Waals surface area (Å²) in [5.41, 5.74) is 1.05. The summed E-state index contributed by atoms with van der Waals surface area (Å²) in [6.07, 6.45) is 4.46. The Labute approximate surface area is 80.0 Å². The van der Waals surface area contributed by atoms with Gasteiger partial charge in [0.15, 0.2) is 0 Å². The van der Waals surface area contributed by atoms with Crippen LogP contribution in [0.2, 0.25) is 12.1 Å². The Morgan fingerprint density at radius 1 is 1.25 bits per heavy atom. The number of hydrogen-bond acceptors (Lipinski definition) is 0. The zero-order chi connectivity index (χ0) is 9.14. The van der Waals surface area contributed by atoms with Gasteiger partial charge in [-0.25, -0.2) is 0 Å². The second-order valence-corrected chi connectivity index (χ2v) is 6.04. The zero-order valence-corrected chi connectivity index (χ0v) is 9.93. The average Bonchev–Trinajstić information content (AvgIpc) is 2.03. The van der Waals surface area contributed by atoms with Crippen LogP contribution in [0.15, 0.2) is 0 Å². The molecule has 0 nitrogen and oxygen atoms in total. The van der Waals surface area contributed by atoms with E-state index in [1.165, 1.54) is 28.8 Å². The third-order valence-electron chi connectivity index (χ3n) is 3.39. The van der Waals surface area contributed by atoms with E-state index in [2.05, 4.69) is 27.3 Å². The Kier molecular flexibility index (Phi) is 3.82. The van der Waals surface area contributed by atoms with Crippen LogP contribution in [-0.4, -0.2) is 9.52 Å². The van der Waals surface area contributed by atoms with Crippen molar-refractivity contribution >= 4 is 9.52 Å². The highest BCUT2D eigenvalue weighted by Gasteiger charge is 2.29. The van der Waals surface area contributed by atoms with Gasteiger partial charge in [0.2, 0.25) is 0 Å². The van der Waals surface area contributed by atoms with Crippen molar-refractivity contribution in [2.45, 2.75) is 52.1 Å². The molecule has 0 heterocycles. The van der Waals surface area contributed by atoms with Crippen LogP contribution in [0.3, 0.4) is 0 Å². The van der Waals surface area contributed by atoms with Crippen molar-refractivity contribution in [3.8, 4) is 0 Å². The minimum Gasteiger partial charge on any atom is -0.0731 e. The van der Waals surface area contributed by atoms with Gasteiger partial charge in [0.1, 0.15) is 0 Å².